The number of amides is 3. The van der Waals surface area contributed by atoms with Gasteiger partial charge in [0, 0.05) is 16.6 Å². The molecule has 0 bridgehead atoms. The van der Waals surface area contributed by atoms with Crippen molar-refractivity contribution in [3.8, 4) is 0 Å². The molecule has 1 N–H and O–H groups in total. The Morgan fingerprint density at radius 2 is 1.71 bits per heavy atom. The van der Waals surface area contributed by atoms with E-state index < -0.39 is 36.4 Å². The number of likely N-dealkylation sites (tertiary alicyclic amines) is 1. The Morgan fingerprint density at radius 3 is 2.34 bits per heavy atom. The summed E-state index contributed by atoms with van der Waals surface area (Å²) in [5.74, 6) is -3.03. The van der Waals surface area contributed by atoms with E-state index in [0.717, 1.165) is 10.5 Å². The predicted molar refractivity (Wildman–Crippen MR) is 135 cm³/mol. The van der Waals surface area contributed by atoms with Crippen molar-refractivity contribution in [1.29, 1.82) is 0 Å². The van der Waals surface area contributed by atoms with Gasteiger partial charge in [-0.3, -0.25) is 19.3 Å². The van der Waals surface area contributed by atoms with Crippen molar-refractivity contribution in [2.45, 2.75) is 32.2 Å². The highest BCUT2D eigenvalue weighted by Crippen LogP contribution is 2.37. The van der Waals surface area contributed by atoms with Crippen molar-refractivity contribution < 1.29 is 23.9 Å². The number of hydrogen-bond donors (Lipinski definition) is 1. The van der Waals surface area contributed by atoms with Crippen LogP contribution in [0.3, 0.4) is 0 Å². The van der Waals surface area contributed by atoms with Crippen LogP contribution in [0.5, 0.6) is 0 Å². The minimum Gasteiger partial charge on any atom is -0.454 e. The normalized spacial score (nSPS) is 19.9. The number of hydrogen-bond acceptors (Lipinski definition) is 5. The van der Waals surface area contributed by atoms with Crippen LogP contribution in [0.1, 0.15) is 24.0 Å². The fourth-order valence-corrected chi connectivity index (χ4v) is 5.05. The summed E-state index contributed by atoms with van der Waals surface area (Å²) in [5.41, 5.74) is 1.92. The predicted octanol–water partition coefficient (Wildman–Crippen LogP) is 4.46. The second-order valence-corrected chi connectivity index (χ2v) is 9.83. The lowest BCUT2D eigenvalue weighted by atomic mass is 9.85. The Hall–Kier alpha value is -2.97. The van der Waals surface area contributed by atoms with Crippen LogP contribution in [0, 0.1) is 18.8 Å². The molecule has 4 rings (SSSR count). The third-order valence-electron chi connectivity index (χ3n) is 6.36. The molecule has 9 heteroatoms. The molecule has 1 saturated heterocycles. The van der Waals surface area contributed by atoms with Gasteiger partial charge in [0.2, 0.25) is 11.8 Å². The number of benzene rings is 2. The molecule has 35 heavy (non-hydrogen) atoms. The summed E-state index contributed by atoms with van der Waals surface area (Å²) in [6, 6.07) is 11.3. The van der Waals surface area contributed by atoms with Crippen molar-refractivity contribution in [2.24, 2.45) is 11.8 Å². The number of nitrogens with zero attached hydrogens (tertiary/aromatic N) is 1. The summed E-state index contributed by atoms with van der Waals surface area (Å²) in [5, 5.41) is 3.14. The maximum absolute atomic E-state index is 13.2. The minimum atomic E-state index is -1.15. The molecule has 0 unspecified atom stereocenters. The molecule has 0 spiro atoms. The van der Waals surface area contributed by atoms with Gasteiger partial charge in [0.1, 0.15) is 6.04 Å². The van der Waals surface area contributed by atoms with Gasteiger partial charge in [-0.15, -0.1) is 0 Å². The summed E-state index contributed by atoms with van der Waals surface area (Å²) in [4.78, 5) is 53.0. The van der Waals surface area contributed by atoms with Gasteiger partial charge >= 0.3 is 5.97 Å². The lowest BCUT2D eigenvalue weighted by molar-refractivity contribution is -0.159. The number of nitrogens with one attached hydrogen (secondary N) is 1. The van der Waals surface area contributed by atoms with E-state index in [1.807, 2.05) is 42.5 Å². The van der Waals surface area contributed by atoms with Crippen molar-refractivity contribution in [1.82, 2.24) is 4.90 Å². The highest BCUT2D eigenvalue weighted by molar-refractivity contribution is 9.10. The van der Waals surface area contributed by atoms with E-state index in [4.69, 9.17) is 16.3 Å². The zero-order valence-corrected chi connectivity index (χ0v) is 21.3. The molecule has 1 aliphatic heterocycles. The van der Waals surface area contributed by atoms with Crippen LogP contribution >= 0.6 is 27.5 Å². The molecule has 182 valence electrons. The zero-order chi connectivity index (χ0) is 25.1. The first-order valence-corrected chi connectivity index (χ1v) is 12.4. The average Bonchev–Trinajstić information content (AvgIpc) is 3.12. The summed E-state index contributed by atoms with van der Waals surface area (Å²) < 4.78 is 6.01. The van der Waals surface area contributed by atoms with Crippen molar-refractivity contribution in [3.05, 3.63) is 75.2 Å². The number of allylic oxidation sites excluding steroid dienone is 2. The van der Waals surface area contributed by atoms with Crippen LogP contribution in [0.4, 0.5) is 5.69 Å². The number of rotatable bonds is 7. The Labute approximate surface area is 216 Å². The highest BCUT2D eigenvalue weighted by Gasteiger charge is 2.51. The van der Waals surface area contributed by atoms with E-state index in [1.54, 1.807) is 19.1 Å². The van der Waals surface area contributed by atoms with Gasteiger partial charge in [-0.2, -0.15) is 0 Å². The summed E-state index contributed by atoms with van der Waals surface area (Å²) in [6.45, 7) is 1.19. The van der Waals surface area contributed by atoms with Crippen LogP contribution in [-0.2, 0) is 30.3 Å². The van der Waals surface area contributed by atoms with Gasteiger partial charge in [-0.05, 0) is 59.0 Å². The van der Waals surface area contributed by atoms with Crippen molar-refractivity contribution in [3.63, 3.8) is 0 Å². The largest absolute Gasteiger partial charge is 0.454 e. The SMILES string of the molecule is Cc1c(NC(=O)COC(=O)[C@H](Cc2ccccc2)N2C(=O)[C@@H]3CC=CC[C@H]3C2=O)ccc(Br)c1Cl. The highest BCUT2D eigenvalue weighted by atomic mass is 79.9. The van der Waals surface area contributed by atoms with E-state index in [9.17, 15) is 19.2 Å². The van der Waals surface area contributed by atoms with Crippen LogP contribution in [0.2, 0.25) is 5.02 Å². The Bertz CT molecular complexity index is 1170. The Balaban J connectivity index is 1.49. The first kappa shape index (κ1) is 25.1. The molecule has 2 aromatic rings. The van der Waals surface area contributed by atoms with Crippen LogP contribution in [-0.4, -0.2) is 41.2 Å². The maximum Gasteiger partial charge on any atom is 0.330 e. The molecule has 1 aliphatic carbocycles. The number of halogens is 2. The summed E-state index contributed by atoms with van der Waals surface area (Å²) >= 11 is 9.53. The lowest BCUT2D eigenvalue weighted by Gasteiger charge is -2.25. The number of ether oxygens (including phenoxy) is 1. The topological polar surface area (TPSA) is 92.8 Å². The molecule has 3 amide bonds. The van der Waals surface area contributed by atoms with E-state index in [-0.39, 0.29) is 18.2 Å². The number of carbonyl (C=O) groups is 4. The van der Waals surface area contributed by atoms with Gasteiger partial charge in [0.15, 0.2) is 6.61 Å². The lowest BCUT2D eigenvalue weighted by Crippen LogP contribution is -2.48. The Kier molecular flexibility index (Phi) is 7.72. The third kappa shape index (κ3) is 5.33. The maximum atomic E-state index is 13.2. The first-order valence-electron chi connectivity index (χ1n) is 11.2. The molecule has 0 radical (unpaired) electrons. The molecule has 0 saturated carbocycles. The molecule has 1 fully saturated rings. The van der Waals surface area contributed by atoms with Crippen molar-refractivity contribution >= 4 is 56.9 Å². The number of imide groups is 1. The minimum absolute atomic E-state index is 0.104. The zero-order valence-electron chi connectivity index (χ0n) is 19.0. The van der Waals surface area contributed by atoms with Crippen molar-refractivity contribution in [2.75, 3.05) is 11.9 Å². The standard InChI is InChI=1S/C26H24BrClN2O5/c1-15-20(12-11-19(27)23(15)28)29-22(31)14-35-26(34)21(13-16-7-3-2-4-8-16)30-24(32)17-9-5-6-10-18(17)25(30)33/h2-8,11-12,17-18,21H,9-10,13-14H2,1H3,(H,29,31)/t17-,18-,21+/m1/s1. The summed E-state index contributed by atoms with van der Waals surface area (Å²) in [7, 11) is 0. The fraction of sp³-hybridized carbons (Fsp3) is 0.308. The quantitative estimate of drug-likeness (QED) is 0.307. The van der Waals surface area contributed by atoms with E-state index in [2.05, 4.69) is 21.2 Å². The van der Waals surface area contributed by atoms with Crippen LogP contribution in [0.25, 0.3) is 0 Å². The molecule has 7 nitrogen and oxygen atoms in total. The Morgan fingerprint density at radius 1 is 1.09 bits per heavy atom. The molecule has 1 heterocycles. The second-order valence-electron chi connectivity index (χ2n) is 8.60. The third-order valence-corrected chi connectivity index (χ3v) is 7.73. The van der Waals surface area contributed by atoms with Gasteiger partial charge in [0.25, 0.3) is 5.91 Å². The van der Waals surface area contributed by atoms with E-state index >= 15 is 0 Å². The van der Waals surface area contributed by atoms with E-state index in [0.29, 0.717) is 33.6 Å². The van der Waals surface area contributed by atoms with Gasteiger partial charge in [0.05, 0.1) is 16.9 Å². The monoisotopic (exact) mass is 558 g/mol. The first-order chi connectivity index (χ1) is 16.8. The van der Waals surface area contributed by atoms with E-state index in [1.165, 1.54) is 0 Å². The van der Waals surface area contributed by atoms with Gasteiger partial charge < -0.3 is 10.1 Å². The van der Waals surface area contributed by atoms with Crippen LogP contribution < -0.4 is 5.32 Å². The molecule has 2 aromatic carbocycles. The molecular formula is C26H24BrClN2O5. The molecule has 2 aliphatic rings. The molecule has 3 atom stereocenters. The number of anilines is 1. The average molecular weight is 560 g/mol. The molecule has 0 aromatic heterocycles. The smallest absolute Gasteiger partial charge is 0.330 e. The van der Waals surface area contributed by atoms with Crippen LogP contribution in [0.15, 0.2) is 59.1 Å². The van der Waals surface area contributed by atoms with Gasteiger partial charge in [-0.1, -0.05) is 54.1 Å². The summed E-state index contributed by atoms with van der Waals surface area (Å²) in [6.07, 6.45) is 4.82. The fourth-order valence-electron chi connectivity index (χ4n) is 4.46. The molecular weight excluding hydrogens is 536 g/mol. The second kappa shape index (κ2) is 10.7. The van der Waals surface area contributed by atoms with Gasteiger partial charge in [-0.25, -0.2) is 4.79 Å². The number of carbonyl (C=O) groups excluding carboxylic acids is 4. The number of fused-ring (bicyclic) bond motifs is 1. The number of esters is 1.